The van der Waals surface area contributed by atoms with Crippen LogP contribution in [0.5, 0.6) is 0 Å². The quantitative estimate of drug-likeness (QED) is 0.583. The first kappa shape index (κ1) is 8.78. The van der Waals surface area contributed by atoms with Gasteiger partial charge >= 0.3 is 5.97 Å². The van der Waals surface area contributed by atoms with Crippen LogP contribution < -0.4 is 0 Å². The van der Waals surface area contributed by atoms with Crippen LogP contribution >= 0.6 is 0 Å². The van der Waals surface area contributed by atoms with E-state index in [1.54, 1.807) is 12.2 Å². The highest BCUT2D eigenvalue weighted by Crippen LogP contribution is 2.19. The average Bonchev–Trinajstić information content (AvgIpc) is 2.05. The van der Waals surface area contributed by atoms with Gasteiger partial charge in [0.1, 0.15) is 5.76 Å². The molecule has 63 valence electrons. The fraction of sp³-hybridized carbons (Fsp3) is 0.200. The second-order valence-electron chi connectivity index (χ2n) is 2.52. The minimum Gasteiger partial charge on any atom is -0.427 e. The highest BCUT2D eigenvalue weighted by Gasteiger charge is 2.07. The zero-order chi connectivity index (χ0) is 8.97. The molecule has 2 heteroatoms. The van der Waals surface area contributed by atoms with Crippen molar-refractivity contribution in [1.82, 2.24) is 0 Å². The maximum atomic E-state index is 10.5. The van der Waals surface area contributed by atoms with E-state index in [0.29, 0.717) is 5.76 Å². The summed E-state index contributed by atoms with van der Waals surface area (Å²) in [7, 11) is 0. The fourth-order valence-electron chi connectivity index (χ4n) is 0.937. The zero-order valence-corrected chi connectivity index (χ0v) is 7.04. The van der Waals surface area contributed by atoms with Crippen LogP contribution in [0.3, 0.4) is 0 Å². The van der Waals surface area contributed by atoms with Crippen molar-refractivity contribution in [2.75, 3.05) is 0 Å². The maximum Gasteiger partial charge on any atom is 0.308 e. The normalized spacial score (nSPS) is 16.9. The van der Waals surface area contributed by atoms with Gasteiger partial charge in [-0.1, -0.05) is 12.2 Å². The van der Waals surface area contributed by atoms with E-state index in [2.05, 4.69) is 6.58 Å². The maximum absolute atomic E-state index is 10.5. The molecule has 1 radical (unpaired) electrons. The number of esters is 1. The monoisotopic (exact) mass is 163 g/mol. The Morgan fingerprint density at radius 3 is 2.83 bits per heavy atom. The van der Waals surface area contributed by atoms with Crippen LogP contribution in [0.4, 0.5) is 0 Å². The molecule has 0 bridgehead atoms. The molecular formula is C10H11O2. The van der Waals surface area contributed by atoms with Gasteiger partial charge in [0.25, 0.3) is 0 Å². The van der Waals surface area contributed by atoms with E-state index in [0.717, 1.165) is 12.3 Å². The van der Waals surface area contributed by atoms with Crippen molar-refractivity contribution in [3.8, 4) is 0 Å². The van der Waals surface area contributed by atoms with E-state index in [1.165, 1.54) is 6.92 Å². The summed E-state index contributed by atoms with van der Waals surface area (Å²) in [6.07, 6.45) is 8.09. The molecule has 0 aromatic heterocycles. The van der Waals surface area contributed by atoms with Gasteiger partial charge in [-0.25, -0.2) is 0 Å². The van der Waals surface area contributed by atoms with Gasteiger partial charge in [-0.05, 0) is 18.6 Å². The predicted molar refractivity (Wildman–Crippen MR) is 47.0 cm³/mol. The van der Waals surface area contributed by atoms with Gasteiger partial charge in [-0.15, -0.1) is 6.58 Å². The van der Waals surface area contributed by atoms with Gasteiger partial charge in [0.2, 0.25) is 0 Å². The van der Waals surface area contributed by atoms with Crippen LogP contribution in [0, 0.1) is 5.92 Å². The van der Waals surface area contributed by atoms with Crippen molar-refractivity contribution in [3.05, 3.63) is 42.6 Å². The average molecular weight is 163 g/mol. The second-order valence-corrected chi connectivity index (χ2v) is 2.52. The molecule has 0 aliphatic heterocycles. The third-order valence-corrected chi connectivity index (χ3v) is 1.52. The van der Waals surface area contributed by atoms with E-state index < -0.39 is 0 Å². The first-order valence-electron chi connectivity index (χ1n) is 3.77. The van der Waals surface area contributed by atoms with Gasteiger partial charge in [0.05, 0.1) is 0 Å². The number of carbonyl (C=O) groups is 1. The highest BCUT2D eigenvalue weighted by atomic mass is 16.5. The Morgan fingerprint density at radius 2 is 2.42 bits per heavy atom. The number of allylic oxidation sites excluding steroid dienone is 4. The fourth-order valence-corrected chi connectivity index (χ4v) is 0.937. The summed E-state index contributed by atoms with van der Waals surface area (Å²) in [4.78, 5) is 10.5. The standard InChI is InChI=1S/C10H11O2/c1-3-9-4-6-10(7-5-9)12-8(2)11/h3-4,6-7H,1,5H2,2H3. The summed E-state index contributed by atoms with van der Waals surface area (Å²) in [5, 5.41) is 0. The molecule has 0 heterocycles. The van der Waals surface area contributed by atoms with E-state index in [4.69, 9.17) is 4.74 Å². The van der Waals surface area contributed by atoms with Crippen LogP contribution in [0.2, 0.25) is 0 Å². The first-order valence-corrected chi connectivity index (χ1v) is 3.77. The van der Waals surface area contributed by atoms with Crippen molar-refractivity contribution in [1.29, 1.82) is 0 Å². The number of hydrogen-bond donors (Lipinski definition) is 0. The van der Waals surface area contributed by atoms with E-state index in [-0.39, 0.29) is 5.97 Å². The molecule has 1 rings (SSSR count). The summed E-state index contributed by atoms with van der Waals surface area (Å²) in [5.41, 5.74) is 0. The molecule has 12 heavy (non-hydrogen) atoms. The van der Waals surface area contributed by atoms with Gasteiger partial charge in [-0.3, -0.25) is 4.79 Å². The lowest BCUT2D eigenvalue weighted by atomic mass is 10.0. The topological polar surface area (TPSA) is 26.3 Å². The number of ether oxygens (including phenoxy) is 1. The number of carbonyl (C=O) groups excluding carboxylic acids is 1. The Kier molecular flexibility index (Phi) is 2.86. The van der Waals surface area contributed by atoms with E-state index in [1.807, 2.05) is 12.2 Å². The summed E-state index contributed by atoms with van der Waals surface area (Å²) in [6.45, 7) is 5.04. The largest absolute Gasteiger partial charge is 0.427 e. The molecule has 0 fully saturated rings. The summed E-state index contributed by atoms with van der Waals surface area (Å²) in [5.74, 6) is 1.46. The minimum atomic E-state index is -0.284. The Labute approximate surface area is 72.2 Å². The van der Waals surface area contributed by atoms with Gasteiger partial charge in [0, 0.05) is 12.8 Å². The lowest BCUT2D eigenvalue weighted by molar-refractivity contribution is -0.136. The third kappa shape index (κ3) is 2.38. The smallest absolute Gasteiger partial charge is 0.308 e. The van der Waals surface area contributed by atoms with Gasteiger partial charge < -0.3 is 4.74 Å². The van der Waals surface area contributed by atoms with Crippen molar-refractivity contribution < 1.29 is 9.53 Å². The van der Waals surface area contributed by atoms with Gasteiger partial charge in [0.15, 0.2) is 0 Å². The van der Waals surface area contributed by atoms with E-state index in [9.17, 15) is 4.79 Å². The number of hydrogen-bond acceptors (Lipinski definition) is 2. The Balaban J connectivity index is 2.52. The molecule has 0 amide bonds. The summed E-state index contributed by atoms with van der Waals surface area (Å²) < 4.78 is 4.87. The lowest BCUT2D eigenvalue weighted by Crippen LogP contribution is -2.01. The van der Waals surface area contributed by atoms with E-state index >= 15 is 0 Å². The van der Waals surface area contributed by atoms with Crippen molar-refractivity contribution in [3.63, 3.8) is 0 Å². The molecule has 0 unspecified atom stereocenters. The Bertz CT molecular complexity index is 249. The first-order chi connectivity index (χ1) is 5.72. The zero-order valence-electron chi connectivity index (χ0n) is 7.04. The molecule has 1 aliphatic rings. The number of rotatable bonds is 2. The highest BCUT2D eigenvalue weighted by molar-refractivity contribution is 5.67. The van der Waals surface area contributed by atoms with Gasteiger partial charge in [-0.2, -0.15) is 0 Å². The SMILES string of the molecule is C=C[C]1C=CC(OC(C)=O)=CC1. The molecule has 0 atom stereocenters. The molecule has 0 aromatic rings. The molecule has 0 spiro atoms. The van der Waals surface area contributed by atoms with Crippen LogP contribution in [-0.2, 0) is 9.53 Å². The Morgan fingerprint density at radius 1 is 1.67 bits per heavy atom. The van der Waals surface area contributed by atoms with Crippen molar-refractivity contribution >= 4 is 5.97 Å². The molecular weight excluding hydrogens is 152 g/mol. The molecule has 0 N–H and O–H groups in total. The molecule has 0 aromatic carbocycles. The molecule has 2 nitrogen and oxygen atoms in total. The van der Waals surface area contributed by atoms with Crippen LogP contribution in [0.25, 0.3) is 0 Å². The third-order valence-electron chi connectivity index (χ3n) is 1.52. The van der Waals surface area contributed by atoms with Crippen LogP contribution in [0.15, 0.2) is 36.6 Å². The molecule has 1 aliphatic carbocycles. The molecule has 0 saturated carbocycles. The van der Waals surface area contributed by atoms with Crippen LogP contribution in [0.1, 0.15) is 13.3 Å². The molecule has 0 saturated heterocycles. The van der Waals surface area contributed by atoms with Crippen molar-refractivity contribution in [2.24, 2.45) is 0 Å². The lowest BCUT2D eigenvalue weighted by Gasteiger charge is -2.10. The minimum absolute atomic E-state index is 0.284. The summed E-state index contributed by atoms with van der Waals surface area (Å²) in [6, 6.07) is 0. The second kappa shape index (κ2) is 3.90. The van der Waals surface area contributed by atoms with Crippen LogP contribution in [-0.4, -0.2) is 5.97 Å². The van der Waals surface area contributed by atoms with Crippen molar-refractivity contribution in [2.45, 2.75) is 13.3 Å². The predicted octanol–water partition coefficient (Wildman–Crippen LogP) is 2.15. The Hall–Kier alpha value is -1.31. The summed E-state index contributed by atoms with van der Waals surface area (Å²) >= 11 is 0.